The molecule has 0 amide bonds. The molecular formula is C26H38O4. The lowest BCUT2D eigenvalue weighted by Crippen LogP contribution is -2.46. The van der Waals surface area contributed by atoms with E-state index in [1.165, 1.54) is 11.1 Å². The van der Waals surface area contributed by atoms with E-state index in [1.54, 1.807) is 0 Å². The molecule has 0 heterocycles. The molecule has 1 fully saturated rings. The molecule has 4 nitrogen and oxygen atoms in total. The fourth-order valence-electron chi connectivity index (χ4n) is 6.78. The Morgan fingerprint density at radius 3 is 2.63 bits per heavy atom. The van der Waals surface area contributed by atoms with E-state index in [9.17, 15) is 15.0 Å². The number of ether oxygens (including phenoxy) is 1. The Bertz CT molecular complexity index is 813. The van der Waals surface area contributed by atoms with Crippen molar-refractivity contribution >= 4 is 5.97 Å². The molecular weight excluding hydrogens is 376 g/mol. The van der Waals surface area contributed by atoms with Gasteiger partial charge >= 0.3 is 5.97 Å². The third-order valence-electron chi connectivity index (χ3n) is 8.59. The Morgan fingerprint density at radius 2 is 1.97 bits per heavy atom. The van der Waals surface area contributed by atoms with Crippen LogP contribution in [-0.2, 0) is 9.53 Å². The van der Waals surface area contributed by atoms with Crippen LogP contribution in [0.1, 0.15) is 73.1 Å². The zero-order valence-electron chi connectivity index (χ0n) is 19.2. The van der Waals surface area contributed by atoms with Gasteiger partial charge in [0.1, 0.15) is 6.10 Å². The molecule has 4 aliphatic carbocycles. The molecule has 0 aromatic carbocycles. The summed E-state index contributed by atoms with van der Waals surface area (Å²) in [5.74, 6) is 0.525. The number of rotatable bonds is 3. The van der Waals surface area contributed by atoms with Gasteiger partial charge in [0.15, 0.2) is 0 Å². The standard InChI is InChI=1S/C26H38O4/c1-16(30-23(29)24(2,3)4)20-8-9-21-19-7-6-17-14-18(28)10-13-26(17,15-27)22(19)11-12-25(20,21)5/h6-7,14,16,18,20,22,27-28H,8-13,15H2,1-5H3/t16-,18-,20+,22-,25+,26+/m0/s1. The van der Waals surface area contributed by atoms with Crippen LogP contribution in [0, 0.1) is 28.1 Å². The Hall–Kier alpha value is -1.39. The predicted octanol–water partition coefficient (Wildman–Crippen LogP) is 4.72. The van der Waals surface area contributed by atoms with Gasteiger partial charge in [-0.05, 0) is 88.7 Å². The van der Waals surface area contributed by atoms with E-state index >= 15 is 0 Å². The third kappa shape index (κ3) is 3.22. The van der Waals surface area contributed by atoms with Crippen molar-refractivity contribution in [3.05, 3.63) is 34.9 Å². The fourth-order valence-corrected chi connectivity index (χ4v) is 6.78. The number of carbonyl (C=O) groups is 1. The summed E-state index contributed by atoms with van der Waals surface area (Å²) in [6.07, 6.45) is 11.6. The van der Waals surface area contributed by atoms with E-state index in [4.69, 9.17) is 4.74 Å². The normalized spacial score (nSPS) is 39.0. The van der Waals surface area contributed by atoms with Crippen molar-refractivity contribution in [1.29, 1.82) is 0 Å². The molecule has 166 valence electrons. The quantitative estimate of drug-likeness (QED) is 0.656. The average Bonchev–Trinajstić information content (AvgIpc) is 3.04. The van der Waals surface area contributed by atoms with Gasteiger partial charge in [0.05, 0.1) is 18.1 Å². The SMILES string of the molecule is C[C@H](OC(=O)C(C)(C)C)[C@H]1CCC2=C3C=CC4=C[C@@H](O)CC[C@]4(CO)[C@H]3CC[C@@]21C. The van der Waals surface area contributed by atoms with Crippen LogP contribution in [0.2, 0.25) is 0 Å². The van der Waals surface area contributed by atoms with Crippen LogP contribution in [0.3, 0.4) is 0 Å². The monoisotopic (exact) mass is 414 g/mol. The Labute approximate surface area is 181 Å². The van der Waals surface area contributed by atoms with E-state index in [0.717, 1.165) is 44.1 Å². The number of hydrogen-bond acceptors (Lipinski definition) is 4. The molecule has 1 saturated carbocycles. The van der Waals surface area contributed by atoms with Crippen LogP contribution < -0.4 is 0 Å². The van der Waals surface area contributed by atoms with Gasteiger partial charge < -0.3 is 14.9 Å². The maximum atomic E-state index is 12.5. The Balaban J connectivity index is 1.67. The van der Waals surface area contributed by atoms with Crippen LogP contribution in [-0.4, -0.2) is 35.0 Å². The van der Waals surface area contributed by atoms with E-state index in [0.29, 0.717) is 11.8 Å². The second kappa shape index (κ2) is 7.34. The second-order valence-corrected chi connectivity index (χ2v) is 11.3. The summed E-state index contributed by atoms with van der Waals surface area (Å²) < 4.78 is 5.93. The van der Waals surface area contributed by atoms with Crippen molar-refractivity contribution in [2.75, 3.05) is 6.61 Å². The van der Waals surface area contributed by atoms with Crippen molar-refractivity contribution < 1.29 is 19.7 Å². The highest BCUT2D eigenvalue weighted by Crippen LogP contribution is 2.63. The molecule has 0 spiro atoms. The van der Waals surface area contributed by atoms with Crippen LogP contribution in [0.15, 0.2) is 34.9 Å². The molecule has 2 N–H and O–H groups in total. The number of aliphatic hydroxyl groups is 2. The van der Waals surface area contributed by atoms with Gasteiger partial charge in [0.2, 0.25) is 0 Å². The molecule has 4 heteroatoms. The number of carbonyl (C=O) groups excluding carboxylic acids is 1. The summed E-state index contributed by atoms with van der Waals surface area (Å²) >= 11 is 0. The van der Waals surface area contributed by atoms with Gasteiger partial charge in [-0.1, -0.05) is 30.7 Å². The lowest BCUT2D eigenvalue weighted by molar-refractivity contribution is -0.162. The maximum Gasteiger partial charge on any atom is 0.311 e. The Morgan fingerprint density at radius 1 is 1.23 bits per heavy atom. The maximum absolute atomic E-state index is 12.5. The minimum Gasteiger partial charge on any atom is -0.462 e. The number of aliphatic hydroxyl groups excluding tert-OH is 2. The van der Waals surface area contributed by atoms with E-state index in [-0.39, 0.29) is 29.5 Å². The summed E-state index contributed by atoms with van der Waals surface area (Å²) in [5, 5.41) is 20.6. The predicted molar refractivity (Wildman–Crippen MR) is 118 cm³/mol. The lowest BCUT2D eigenvalue weighted by atomic mass is 9.53. The zero-order valence-corrected chi connectivity index (χ0v) is 19.2. The van der Waals surface area contributed by atoms with Crippen LogP contribution in [0.4, 0.5) is 0 Å². The van der Waals surface area contributed by atoms with Gasteiger partial charge in [-0.15, -0.1) is 0 Å². The van der Waals surface area contributed by atoms with Crippen molar-refractivity contribution in [2.45, 2.75) is 85.4 Å². The second-order valence-electron chi connectivity index (χ2n) is 11.3. The van der Waals surface area contributed by atoms with Gasteiger partial charge in [-0.25, -0.2) is 0 Å². The van der Waals surface area contributed by atoms with Crippen LogP contribution in [0.5, 0.6) is 0 Å². The topological polar surface area (TPSA) is 66.8 Å². The first-order valence-electron chi connectivity index (χ1n) is 11.7. The van der Waals surface area contributed by atoms with Gasteiger partial charge in [-0.3, -0.25) is 4.79 Å². The summed E-state index contributed by atoms with van der Waals surface area (Å²) in [7, 11) is 0. The third-order valence-corrected chi connectivity index (χ3v) is 8.59. The van der Waals surface area contributed by atoms with E-state index < -0.39 is 11.5 Å². The van der Waals surface area contributed by atoms with Gasteiger partial charge in [-0.2, -0.15) is 0 Å². The summed E-state index contributed by atoms with van der Waals surface area (Å²) in [6, 6.07) is 0. The van der Waals surface area contributed by atoms with Crippen molar-refractivity contribution in [3.63, 3.8) is 0 Å². The van der Waals surface area contributed by atoms with Crippen molar-refractivity contribution in [2.24, 2.45) is 28.1 Å². The first-order valence-corrected chi connectivity index (χ1v) is 11.7. The summed E-state index contributed by atoms with van der Waals surface area (Å²) in [5.41, 5.74) is 3.34. The number of hydrogen-bond donors (Lipinski definition) is 2. The molecule has 0 aromatic heterocycles. The van der Waals surface area contributed by atoms with Crippen LogP contribution in [0.25, 0.3) is 0 Å². The molecule has 4 rings (SSSR count). The summed E-state index contributed by atoms with van der Waals surface area (Å²) in [6.45, 7) is 10.3. The lowest BCUT2D eigenvalue weighted by Gasteiger charge is -2.52. The molecule has 0 unspecified atom stereocenters. The van der Waals surface area contributed by atoms with Gasteiger partial charge in [0, 0.05) is 11.3 Å². The zero-order chi connectivity index (χ0) is 21.9. The minimum atomic E-state index is -0.485. The minimum absolute atomic E-state index is 0.0415. The first kappa shape index (κ1) is 21.8. The van der Waals surface area contributed by atoms with Crippen molar-refractivity contribution in [3.8, 4) is 0 Å². The highest BCUT2D eigenvalue weighted by atomic mass is 16.5. The highest BCUT2D eigenvalue weighted by Gasteiger charge is 2.55. The number of fused-ring (bicyclic) bond motifs is 4. The average molecular weight is 415 g/mol. The molecule has 0 radical (unpaired) electrons. The molecule has 0 aliphatic heterocycles. The largest absolute Gasteiger partial charge is 0.462 e. The Kier molecular flexibility index (Phi) is 5.34. The molecule has 30 heavy (non-hydrogen) atoms. The van der Waals surface area contributed by atoms with E-state index in [2.05, 4.69) is 26.0 Å². The van der Waals surface area contributed by atoms with E-state index in [1.807, 2.05) is 26.8 Å². The smallest absolute Gasteiger partial charge is 0.311 e. The van der Waals surface area contributed by atoms with Crippen molar-refractivity contribution in [1.82, 2.24) is 0 Å². The molecule has 4 aliphatic rings. The fraction of sp³-hybridized carbons (Fsp3) is 0.731. The number of esters is 1. The number of allylic oxidation sites excluding steroid dienone is 4. The highest BCUT2D eigenvalue weighted by molar-refractivity contribution is 5.75. The molecule has 0 saturated heterocycles. The van der Waals surface area contributed by atoms with Crippen LogP contribution >= 0.6 is 0 Å². The first-order chi connectivity index (χ1) is 14.0. The molecule has 6 atom stereocenters. The summed E-state index contributed by atoms with van der Waals surface area (Å²) in [4.78, 5) is 12.5. The van der Waals surface area contributed by atoms with Gasteiger partial charge in [0.25, 0.3) is 0 Å². The molecule has 0 bridgehead atoms. The molecule has 0 aromatic rings.